The molecule has 0 amide bonds. The third-order valence-electron chi connectivity index (χ3n) is 3.57. The third-order valence-corrected chi connectivity index (χ3v) is 3.57. The van der Waals surface area contributed by atoms with E-state index in [1.54, 1.807) is 12.1 Å². The van der Waals surface area contributed by atoms with E-state index in [0.717, 1.165) is 18.7 Å². The van der Waals surface area contributed by atoms with Crippen LogP contribution in [-0.4, -0.2) is 34.2 Å². The van der Waals surface area contributed by atoms with Crippen molar-refractivity contribution in [3.05, 3.63) is 29.3 Å². The van der Waals surface area contributed by atoms with Gasteiger partial charge in [0, 0.05) is 12.1 Å². The molecule has 1 fully saturated rings. The number of carboxylic acid groups (broad SMARTS) is 1. The van der Waals surface area contributed by atoms with Crippen LogP contribution >= 0.6 is 0 Å². The fraction of sp³-hybridized carbons (Fsp3) is 0.500. The number of nitrogens with zero attached hydrogens (tertiary/aromatic N) is 1. The Hall–Kier alpha value is -1.59. The maximum absolute atomic E-state index is 10.9. The molecular weight excluding hydrogens is 244 g/mol. The minimum absolute atomic E-state index is 0.201. The lowest BCUT2D eigenvalue weighted by atomic mass is 10.0. The molecule has 1 aromatic rings. The number of hydrogen-bond donors (Lipinski definition) is 3. The zero-order chi connectivity index (χ0) is 13.8. The smallest absolute Gasteiger partial charge is 0.325 e. The van der Waals surface area contributed by atoms with Gasteiger partial charge in [0.15, 0.2) is 0 Å². The molecule has 5 nitrogen and oxygen atoms in total. The van der Waals surface area contributed by atoms with Crippen molar-refractivity contribution >= 4 is 5.97 Å². The van der Waals surface area contributed by atoms with Gasteiger partial charge in [-0.15, -0.1) is 0 Å². The van der Waals surface area contributed by atoms with Gasteiger partial charge in [0.2, 0.25) is 0 Å². The van der Waals surface area contributed by atoms with Crippen molar-refractivity contribution in [2.24, 2.45) is 5.73 Å². The van der Waals surface area contributed by atoms with E-state index in [0.29, 0.717) is 12.1 Å². The van der Waals surface area contributed by atoms with Crippen LogP contribution in [0.2, 0.25) is 0 Å². The van der Waals surface area contributed by atoms with Crippen molar-refractivity contribution < 1.29 is 15.0 Å². The molecule has 0 aliphatic carbocycles. The first-order valence-corrected chi connectivity index (χ1v) is 6.60. The molecule has 19 heavy (non-hydrogen) atoms. The topological polar surface area (TPSA) is 86.8 Å². The number of aromatic hydroxyl groups is 1. The van der Waals surface area contributed by atoms with Gasteiger partial charge >= 0.3 is 5.97 Å². The fourth-order valence-corrected chi connectivity index (χ4v) is 2.43. The Morgan fingerprint density at radius 1 is 1.32 bits per heavy atom. The van der Waals surface area contributed by atoms with Crippen molar-refractivity contribution in [2.75, 3.05) is 13.1 Å². The van der Waals surface area contributed by atoms with Gasteiger partial charge in [0.25, 0.3) is 0 Å². The molecule has 1 atom stereocenters. The zero-order valence-corrected chi connectivity index (χ0v) is 10.9. The number of hydrogen-bond acceptors (Lipinski definition) is 4. The molecule has 0 aromatic heterocycles. The van der Waals surface area contributed by atoms with Crippen LogP contribution in [0.3, 0.4) is 0 Å². The summed E-state index contributed by atoms with van der Waals surface area (Å²) in [6.07, 6.45) is 3.61. The molecule has 5 heteroatoms. The summed E-state index contributed by atoms with van der Waals surface area (Å²) in [5.74, 6) is -0.860. The number of rotatable bonds is 4. The standard InChI is InChI=1S/C14H20N2O3/c15-13(14(18)19)10-4-5-12(17)11(8-10)9-16-6-2-1-3-7-16/h4-5,8,13,17H,1-3,6-7,9,15H2,(H,18,19)/t13-/m0/s1. The summed E-state index contributed by atoms with van der Waals surface area (Å²) in [4.78, 5) is 13.2. The Kier molecular flexibility index (Phi) is 4.39. The molecule has 0 radical (unpaired) electrons. The minimum atomic E-state index is -1.06. The first-order valence-electron chi connectivity index (χ1n) is 6.60. The van der Waals surface area contributed by atoms with Gasteiger partial charge in [-0.1, -0.05) is 12.5 Å². The van der Waals surface area contributed by atoms with Crippen LogP contribution in [0, 0.1) is 0 Å². The number of phenols is 1. The van der Waals surface area contributed by atoms with Crippen molar-refractivity contribution in [3.63, 3.8) is 0 Å². The maximum Gasteiger partial charge on any atom is 0.325 e. The van der Waals surface area contributed by atoms with Gasteiger partial charge in [0.1, 0.15) is 11.8 Å². The molecule has 4 N–H and O–H groups in total. The number of likely N-dealkylation sites (tertiary alicyclic amines) is 1. The lowest BCUT2D eigenvalue weighted by molar-refractivity contribution is -0.138. The minimum Gasteiger partial charge on any atom is -0.508 e. The normalized spacial score (nSPS) is 18.2. The second-order valence-corrected chi connectivity index (χ2v) is 5.04. The molecule has 0 spiro atoms. The van der Waals surface area contributed by atoms with Crippen molar-refractivity contribution in [2.45, 2.75) is 31.8 Å². The fourth-order valence-electron chi connectivity index (χ4n) is 2.43. The quantitative estimate of drug-likeness (QED) is 0.766. The van der Waals surface area contributed by atoms with E-state index in [9.17, 15) is 9.90 Å². The first-order chi connectivity index (χ1) is 9.08. The largest absolute Gasteiger partial charge is 0.508 e. The first kappa shape index (κ1) is 13.8. The number of carbonyl (C=O) groups is 1. The zero-order valence-electron chi connectivity index (χ0n) is 10.9. The van der Waals surface area contributed by atoms with Crippen molar-refractivity contribution in [1.29, 1.82) is 0 Å². The Balaban J connectivity index is 2.14. The SMILES string of the molecule is N[C@H](C(=O)O)c1ccc(O)c(CN2CCCCC2)c1. The Labute approximate surface area is 112 Å². The molecule has 0 unspecified atom stereocenters. The summed E-state index contributed by atoms with van der Waals surface area (Å²) in [7, 11) is 0. The second-order valence-electron chi connectivity index (χ2n) is 5.04. The lowest BCUT2D eigenvalue weighted by Gasteiger charge is -2.27. The lowest BCUT2D eigenvalue weighted by Crippen LogP contribution is -2.29. The highest BCUT2D eigenvalue weighted by Gasteiger charge is 2.17. The summed E-state index contributed by atoms with van der Waals surface area (Å²) in [5, 5.41) is 18.8. The van der Waals surface area contributed by atoms with E-state index in [-0.39, 0.29) is 5.75 Å². The van der Waals surface area contributed by atoms with Crippen LogP contribution in [0.4, 0.5) is 0 Å². The van der Waals surface area contributed by atoms with Gasteiger partial charge in [-0.25, -0.2) is 0 Å². The summed E-state index contributed by atoms with van der Waals surface area (Å²) in [6, 6.07) is 3.74. The van der Waals surface area contributed by atoms with E-state index in [1.807, 2.05) is 0 Å². The van der Waals surface area contributed by atoms with Gasteiger partial charge in [-0.3, -0.25) is 9.69 Å². The van der Waals surface area contributed by atoms with Crippen LogP contribution < -0.4 is 5.73 Å². The Bertz CT molecular complexity index is 456. The number of nitrogens with two attached hydrogens (primary N) is 1. The Morgan fingerprint density at radius 3 is 2.63 bits per heavy atom. The number of piperidine rings is 1. The van der Waals surface area contributed by atoms with Crippen molar-refractivity contribution in [3.8, 4) is 5.75 Å². The molecule has 2 rings (SSSR count). The summed E-state index contributed by atoms with van der Waals surface area (Å²) >= 11 is 0. The van der Waals surface area contributed by atoms with Crippen LogP contribution in [0.25, 0.3) is 0 Å². The summed E-state index contributed by atoms with van der Waals surface area (Å²) in [5.41, 5.74) is 6.87. The maximum atomic E-state index is 10.9. The van der Waals surface area contributed by atoms with Crippen LogP contribution in [0.15, 0.2) is 18.2 Å². The van der Waals surface area contributed by atoms with Crippen LogP contribution in [0.5, 0.6) is 5.75 Å². The predicted molar refractivity (Wildman–Crippen MR) is 71.8 cm³/mol. The molecular formula is C14H20N2O3. The average molecular weight is 264 g/mol. The number of aliphatic carboxylic acids is 1. The predicted octanol–water partition coefficient (Wildman–Crippen LogP) is 1.46. The molecule has 1 aliphatic rings. The average Bonchev–Trinajstić information content (AvgIpc) is 2.41. The third kappa shape index (κ3) is 3.45. The number of carboxylic acids is 1. The number of benzene rings is 1. The molecule has 1 aromatic carbocycles. The molecule has 0 saturated carbocycles. The van der Waals surface area contributed by atoms with Gasteiger partial charge < -0.3 is 15.9 Å². The Morgan fingerprint density at radius 2 is 2.00 bits per heavy atom. The van der Waals surface area contributed by atoms with E-state index < -0.39 is 12.0 Å². The summed E-state index contributed by atoms with van der Waals surface area (Å²) in [6.45, 7) is 2.69. The van der Waals surface area contributed by atoms with Crippen molar-refractivity contribution in [1.82, 2.24) is 4.90 Å². The molecule has 1 saturated heterocycles. The van der Waals surface area contributed by atoms with Gasteiger partial charge in [0.05, 0.1) is 0 Å². The molecule has 0 bridgehead atoms. The highest BCUT2D eigenvalue weighted by atomic mass is 16.4. The van der Waals surface area contributed by atoms with Crippen LogP contribution in [-0.2, 0) is 11.3 Å². The second kappa shape index (κ2) is 6.04. The van der Waals surface area contributed by atoms with Crippen LogP contribution in [0.1, 0.15) is 36.4 Å². The molecule has 1 aliphatic heterocycles. The molecule has 1 heterocycles. The van der Waals surface area contributed by atoms with E-state index in [1.165, 1.54) is 25.3 Å². The van der Waals surface area contributed by atoms with E-state index in [4.69, 9.17) is 10.8 Å². The highest BCUT2D eigenvalue weighted by Crippen LogP contribution is 2.24. The summed E-state index contributed by atoms with van der Waals surface area (Å²) < 4.78 is 0. The molecule has 104 valence electrons. The monoisotopic (exact) mass is 264 g/mol. The van der Waals surface area contributed by atoms with E-state index in [2.05, 4.69) is 4.90 Å². The number of phenolic OH excluding ortho intramolecular Hbond substituents is 1. The highest BCUT2D eigenvalue weighted by molar-refractivity contribution is 5.75. The van der Waals surface area contributed by atoms with Gasteiger partial charge in [-0.2, -0.15) is 0 Å². The van der Waals surface area contributed by atoms with Gasteiger partial charge in [-0.05, 0) is 43.6 Å². The van der Waals surface area contributed by atoms with E-state index >= 15 is 0 Å².